The molecular formula is C18H19N3O3. The van der Waals surface area contributed by atoms with Crippen molar-refractivity contribution in [1.82, 2.24) is 9.88 Å². The molecule has 0 unspecified atom stereocenters. The Bertz CT molecular complexity index is 733. The van der Waals surface area contributed by atoms with E-state index in [0.717, 1.165) is 5.56 Å². The normalized spacial score (nSPS) is 13.7. The largest absolute Gasteiger partial charge is 0.491 e. The van der Waals surface area contributed by atoms with E-state index >= 15 is 0 Å². The molecule has 0 spiro atoms. The first-order chi connectivity index (χ1) is 11.6. The number of likely N-dealkylation sites (N-methyl/N-ethyl adjacent to an activating group) is 1. The number of pyridine rings is 1. The highest BCUT2D eigenvalue weighted by atomic mass is 16.5. The van der Waals surface area contributed by atoms with Crippen LogP contribution in [-0.4, -0.2) is 41.9 Å². The van der Waals surface area contributed by atoms with Gasteiger partial charge in [0.05, 0.1) is 18.7 Å². The minimum Gasteiger partial charge on any atom is -0.491 e. The van der Waals surface area contributed by atoms with Crippen LogP contribution < -0.4 is 9.64 Å². The molecule has 24 heavy (non-hydrogen) atoms. The number of nitrogens with zero attached hydrogens (tertiary/aromatic N) is 3. The third-order valence-corrected chi connectivity index (χ3v) is 3.92. The Balaban J connectivity index is 1.74. The van der Waals surface area contributed by atoms with E-state index in [0.29, 0.717) is 24.6 Å². The van der Waals surface area contributed by atoms with Crippen LogP contribution in [0, 0.1) is 0 Å². The quantitative estimate of drug-likeness (QED) is 0.861. The van der Waals surface area contributed by atoms with Crippen molar-refractivity contribution < 1.29 is 14.3 Å². The maximum atomic E-state index is 12.6. The highest BCUT2D eigenvalue weighted by molar-refractivity contribution is 6.00. The summed E-state index contributed by atoms with van der Waals surface area (Å²) < 4.78 is 5.59. The maximum absolute atomic E-state index is 12.6. The summed E-state index contributed by atoms with van der Waals surface area (Å²) in [7, 11) is 1.73. The van der Waals surface area contributed by atoms with Gasteiger partial charge in [0.25, 0.3) is 0 Å². The molecule has 2 amide bonds. The minimum atomic E-state index is -0.128. The lowest BCUT2D eigenvalue weighted by molar-refractivity contribution is -0.130. The molecule has 0 fully saturated rings. The first-order valence-corrected chi connectivity index (χ1v) is 7.80. The van der Waals surface area contributed by atoms with Crippen LogP contribution in [0.3, 0.4) is 0 Å². The molecule has 124 valence electrons. The van der Waals surface area contributed by atoms with Crippen molar-refractivity contribution in [3.05, 3.63) is 54.4 Å². The highest BCUT2D eigenvalue weighted by Gasteiger charge is 2.26. The molecule has 3 rings (SSSR count). The standard InChI is InChI=1S/C18H19N3O3/c1-20(12-14-6-9-19-10-7-14)18(23)13-21-15-4-2-3-5-16(15)24-11-8-17(21)22/h2-7,9-10H,8,11-13H2,1H3. The zero-order valence-electron chi connectivity index (χ0n) is 13.5. The molecule has 2 heterocycles. The van der Waals surface area contributed by atoms with Gasteiger partial charge < -0.3 is 9.64 Å². The summed E-state index contributed by atoms with van der Waals surface area (Å²) in [6.07, 6.45) is 3.65. The number of anilines is 1. The fourth-order valence-electron chi connectivity index (χ4n) is 2.60. The van der Waals surface area contributed by atoms with Gasteiger partial charge in [-0.25, -0.2) is 0 Å². The van der Waals surface area contributed by atoms with Crippen molar-refractivity contribution in [2.75, 3.05) is 25.1 Å². The Hall–Kier alpha value is -2.89. The van der Waals surface area contributed by atoms with Crippen molar-refractivity contribution in [3.8, 4) is 5.75 Å². The summed E-state index contributed by atoms with van der Waals surface area (Å²) in [6, 6.07) is 11.0. The van der Waals surface area contributed by atoms with Crippen LogP contribution in [0.2, 0.25) is 0 Å². The number of aromatic nitrogens is 1. The Morgan fingerprint density at radius 1 is 1.25 bits per heavy atom. The summed E-state index contributed by atoms with van der Waals surface area (Å²) in [5, 5.41) is 0. The molecule has 2 aromatic rings. The molecule has 0 aliphatic carbocycles. The van der Waals surface area contributed by atoms with Crippen molar-refractivity contribution in [1.29, 1.82) is 0 Å². The van der Waals surface area contributed by atoms with E-state index in [2.05, 4.69) is 4.98 Å². The number of para-hydroxylation sites is 2. The predicted molar refractivity (Wildman–Crippen MR) is 89.6 cm³/mol. The van der Waals surface area contributed by atoms with Gasteiger partial charge in [-0.1, -0.05) is 12.1 Å². The van der Waals surface area contributed by atoms with E-state index in [1.54, 1.807) is 30.4 Å². The third kappa shape index (κ3) is 3.53. The van der Waals surface area contributed by atoms with E-state index in [9.17, 15) is 9.59 Å². The second-order valence-corrected chi connectivity index (χ2v) is 5.65. The van der Waals surface area contributed by atoms with Gasteiger partial charge in [-0.05, 0) is 29.8 Å². The molecule has 1 aliphatic heterocycles. The summed E-state index contributed by atoms with van der Waals surface area (Å²) in [4.78, 5) is 32.0. The number of ether oxygens (including phenoxy) is 1. The average molecular weight is 325 g/mol. The molecule has 6 nitrogen and oxygen atoms in total. The van der Waals surface area contributed by atoms with Gasteiger partial charge in [0.15, 0.2) is 0 Å². The summed E-state index contributed by atoms with van der Waals surface area (Å²) in [5.74, 6) is 0.399. The van der Waals surface area contributed by atoms with E-state index in [1.807, 2.05) is 30.3 Å². The first kappa shape index (κ1) is 16.0. The molecule has 0 radical (unpaired) electrons. The lowest BCUT2D eigenvalue weighted by atomic mass is 10.2. The zero-order valence-corrected chi connectivity index (χ0v) is 13.5. The van der Waals surface area contributed by atoms with Gasteiger partial charge in [-0.3, -0.25) is 19.5 Å². The number of carbonyl (C=O) groups is 2. The van der Waals surface area contributed by atoms with Crippen LogP contribution in [0.5, 0.6) is 5.75 Å². The lowest BCUT2D eigenvalue weighted by Crippen LogP contribution is -2.41. The van der Waals surface area contributed by atoms with Gasteiger partial charge in [0.1, 0.15) is 12.3 Å². The molecule has 1 aliphatic rings. The SMILES string of the molecule is CN(Cc1ccncc1)C(=O)CN1C(=O)CCOc2ccccc21. The lowest BCUT2D eigenvalue weighted by Gasteiger charge is -2.24. The number of fused-ring (bicyclic) bond motifs is 1. The van der Waals surface area contributed by atoms with Gasteiger partial charge in [0.2, 0.25) is 11.8 Å². The Labute approximate surface area is 140 Å². The van der Waals surface area contributed by atoms with Crippen LogP contribution in [0.1, 0.15) is 12.0 Å². The molecule has 1 aromatic carbocycles. The third-order valence-electron chi connectivity index (χ3n) is 3.92. The second kappa shape index (κ2) is 7.12. The number of rotatable bonds is 4. The zero-order chi connectivity index (χ0) is 16.9. The Morgan fingerprint density at radius 2 is 2.00 bits per heavy atom. The smallest absolute Gasteiger partial charge is 0.242 e. The van der Waals surface area contributed by atoms with Crippen molar-refractivity contribution in [3.63, 3.8) is 0 Å². The molecule has 6 heteroatoms. The number of amides is 2. The van der Waals surface area contributed by atoms with E-state index < -0.39 is 0 Å². The molecule has 1 aromatic heterocycles. The molecule has 0 N–H and O–H groups in total. The van der Waals surface area contributed by atoms with Crippen LogP contribution in [0.4, 0.5) is 5.69 Å². The summed E-state index contributed by atoms with van der Waals surface area (Å²) in [5.41, 5.74) is 1.64. The van der Waals surface area contributed by atoms with Gasteiger partial charge in [-0.15, -0.1) is 0 Å². The number of carbonyl (C=O) groups excluding carboxylic acids is 2. The van der Waals surface area contributed by atoms with Crippen LogP contribution in [-0.2, 0) is 16.1 Å². The van der Waals surface area contributed by atoms with Crippen molar-refractivity contribution in [2.24, 2.45) is 0 Å². The molecule has 0 saturated carbocycles. The van der Waals surface area contributed by atoms with Crippen LogP contribution in [0.25, 0.3) is 0 Å². The Morgan fingerprint density at radius 3 is 2.79 bits per heavy atom. The van der Waals surface area contributed by atoms with Crippen molar-refractivity contribution >= 4 is 17.5 Å². The topological polar surface area (TPSA) is 62.7 Å². The van der Waals surface area contributed by atoms with Gasteiger partial charge in [-0.2, -0.15) is 0 Å². The second-order valence-electron chi connectivity index (χ2n) is 5.65. The minimum absolute atomic E-state index is 0.000784. The first-order valence-electron chi connectivity index (χ1n) is 7.80. The monoisotopic (exact) mass is 325 g/mol. The molecular weight excluding hydrogens is 306 g/mol. The predicted octanol–water partition coefficient (Wildman–Crippen LogP) is 1.86. The highest BCUT2D eigenvalue weighted by Crippen LogP contribution is 2.30. The summed E-state index contributed by atoms with van der Waals surface area (Å²) >= 11 is 0. The van der Waals surface area contributed by atoms with E-state index in [1.165, 1.54) is 4.90 Å². The molecule has 0 saturated heterocycles. The van der Waals surface area contributed by atoms with E-state index in [4.69, 9.17) is 4.74 Å². The fraction of sp³-hybridized carbons (Fsp3) is 0.278. The van der Waals surface area contributed by atoms with Gasteiger partial charge >= 0.3 is 0 Å². The van der Waals surface area contributed by atoms with E-state index in [-0.39, 0.29) is 24.8 Å². The summed E-state index contributed by atoms with van der Waals surface area (Å²) in [6.45, 7) is 0.801. The average Bonchev–Trinajstić information content (AvgIpc) is 2.75. The Kier molecular flexibility index (Phi) is 4.74. The van der Waals surface area contributed by atoms with Crippen LogP contribution in [0.15, 0.2) is 48.8 Å². The molecule has 0 atom stereocenters. The number of benzene rings is 1. The molecule has 0 bridgehead atoms. The fourth-order valence-corrected chi connectivity index (χ4v) is 2.60. The maximum Gasteiger partial charge on any atom is 0.242 e. The van der Waals surface area contributed by atoms with Crippen molar-refractivity contribution in [2.45, 2.75) is 13.0 Å². The van der Waals surface area contributed by atoms with Gasteiger partial charge in [0, 0.05) is 26.0 Å². The number of hydrogen-bond donors (Lipinski definition) is 0. The van der Waals surface area contributed by atoms with Crippen LogP contribution >= 0.6 is 0 Å². The number of hydrogen-bond acceptors (Lipinski definition) is 4.